The summed E-state index contributed by atoms with van der Waals surface area (Å²) in [5.74, 6) is -0.757. The summed E-state index contributed by atoms with van der Waals surface area (Å²) in [6.45, 7) is 5.11. The standard InChI is InChI=1S/C14H21NO2/c1-3-10-15(11-14(16)17)13(4-2)12-8-6-5-7-9-12/h5-9,13H,3-4,10-11H2,1-2H3,(H,16,17). The molecule has 0 saturated heterocycles. The van der Waals surface area contributed by atoms with E-state index in [0.29, 0.717) is 0 Å². The fraction of sp³-hybridized carbons (Fsp3) is 0.500. The Hall–Kier alpha value is -1.35. The quantitative estimate of drug-likeness (QED) is 0.790. The zero-order valence-electron chi connectivity index (χ0n) is 10.6. The second kappa shape index (κ2) is 7.07. The number of carbonyl (C=O) groups is 1. The lowest BCUT2D eigenvalue weighted by molar-refractivity contribution is -0.139. The fourth-order valence-electron chi connectivity index (χ4n) is 2.19. The zero-order valence-corrected chi connectivity index (χ0v) is 10.6. The number of aliphatic carboxylic acids is 1. The molecule has 0 radical (unpaired) electrons. The highest BCUT2D eigenvalue weighted by Crippen LogP contribution is 2.23. The van der Waals surface area contributed by atoms with Crippen LogP contribution in [0.2, 0.25) is 0 Å². The number of rotatable bonds is 7. The molecule has 94 valence electrons. The van der Waals surface area contributed by atoms with Gasteiger partial charge < -0.3 is 5.11 Å². The Balaban J connectivity index is 2.84. The minimum absolute atomic E-state index is 0.112. The van der Waals surface area contributed by atoms with Crippen molar-refractivity contribution in [1.29, 1.82) is 0 Å². The van der Waals surface area contributed by atoms with Gasteiger partial charge in [0.15, 0.2) is 0 Å². The predicted molar refractivity (Wildman–Crippen MR) is 69.0 cm³/mol. The molecule has 1 atom stereocenters. The van der Waals surface area contributed by atoms with Crippen LogP contribution in [0.25, 0.3) is 0 Å². The van der Waals surface area contributed by atoms with Gasteiger partial charge in [0.25, 0.3) is 0 Å². The molecule has 0 aliphatic carbocycles. The fourth-order valence-corrected chi connectivity index (χ4v) is 2.19. The summed E-state index contributed by atoms with van der Waals surface area (Å²) >= 11 is 0. The molecule has 0 fully saturated rings. The molecule has 0 aliphatic heterocycles. The van der Waals surface area contributed by atoms with Crippen LogP contribution in [-0.4, -0.2) is 29.1 Å². The number of benzene rings is 1. The summed E-state index contributed by atoms with van der Waals surface area (Å²) in [5.41, 5.74) is 1.20. The first kappa shape index (κ1) is 13.7. The first-order valence-electron chi connectivity index (χ1n) is 6.19. The van der Waals surface area contributed by atoms with Gasteiger partial charge in [-0.1, -0.05) is 44.2 Å². The van der Waals surface area contributed by atoms with Gasteiger partial charge >= 0.3 is 5.97 Å². The summed E-state index contributed by atoms with van der Waals surface area (Å²) in [5, 5.41) is 8.96. The van der Waals surface area contributed by atoms with Crippen LogP contribution in [0.15, 0.2) is 30.3 Å². The van der Waals surface area contributed by atoms with E-state index in [2.05, 4.69) is 26.0 Å². The number of hydrogen-bond acceptors (Lipinski definition) is 2. The molecule has 0 heterocycles. The van der Waals surface area contributed by atoms with Crippen LogP contribution in [0.5, 0.6) is 0 Å². The first-order chi connectivity index (χ1) is 8.19. The molecule has 0 bridgehead atoms. The molecular weight excluding hydrogens is 214 g/mol. The Labute approximate surface area is 103 Å². The lowest BCUT2D eigenvalue weighted by Gasteiger charge is -2.29. The smallest absolute Gasteiger partial charge is 0.317 e. The number of nitrogens with zero attached hydrogens (tertiary/aromatic N) is 1. The van der Waals surface area contributed by atoms with Crippen molar-refractivity contribution in [2.45, 2.75) is 32.7 Å². The highest BCUT2D eigenvalue weighted by Gasteiger charge is 2.19. The van der Waals surface area contributed by atoms with E-state index in [4.69, 9.17) is 5.11 Å². The van der Waals surface area contributed by atoms with Gasteiger partial charge in [-0.3, -0.25) is 9.69 Å². The summed E-state index contributed by atoms with van der Waals surface area (Å²) < 4.78 is 0. The van der Waals surface area contributed by atoms with Gasteiger partial charge in [-0.15, -0.1) is 0 Å². The van der Waals surface area contributed by atoms with Crippen molar-refractivity contribution in [2.24, 2.45) is 0 Å². The van der Waals surface area contributed by atoms with E-state index in [9.17, 15) is 4.79 Å². The second-order valence-corrected chi connectivity index (χ2v) is 4.20. The molecule has 0 aliphatic rings. The van der Waals surface area contributed by atoms with Crippen molar-refractivity contribution in [3.63, 3.8) is 0 Å². The second-order valence-electron chi connectivity index (χ2n) is 4.20. The third-order valence-corrected chi connectivity index (χ3v) is 2.86. The third-order valence-electron chi connectivity index (χ3n) is 2.86. The topological polar surface area (TPSA) is 40.5 Å². The average Bonchev–Trinajstić information content (AvgIpc) is 2.31. The molecule has 1 N–H and O–H groups in total. The molecular formula is C14H21NO2. The average molecular weight is 235 g/mol. The van der Waals surface area contributed by atoms with Crippen molar-refractivity contribution in [1.82, 2.24) is 4.90 Å². The van der Waals surface area contributed by atoms with Crippen LogP contribution >= 0.6 is 0 Å². The third kappa shape index (κ3) is 4.19. The van der Waals surface area contributed by atoms with Crippen molar-refractivity contribution < 1.29 is 9.90 Å². The van der Waals surface area contributed by atoms with Crippen LogP contribution in [-0.2, 0) is 4.79 Å². The van der Waals surface area contributed by atoms with E-state index in [1.807, 2.05) is 23.1 Å². The van der Waals surface area contributed by atoms with Crippen LogP contribution in [0.3, 0.4) is 0 Å². The Morgan fingerprint density at radius 1 is 1.29 bits per heavy atom. The predicted octanol–water partition coefficient (Wildman–Crippen LogP) is 2.93. The molecule has 1 aromatic carbocycles. The van der Waals surface area contributed by atoms with Crippen LogP contribution in [0, 0.1) is 0 Å². The summed E-state index contributed by atoms with van der Waals surface area (Å²) in [6, 6.07) is 10.3. The van der Waals surface area contributed by atoms with Gasteiger partial charge in [0.2, 0.25) is 0 Å². The van der Waals surface area contributed by atoms with Crippen molar-refractivity contribution in [3.8, 4) is 0 Å². The SMILES string of the molecule is CCCN(CC(=O)O)C(CC)c1ccccc1. The number of carboxylic acids is 1. The number of hydrogen-bond donors (Lipinski definition) is 1. The van der Waals surface area contributed by atoms with E-state index < -0.39 is 5.97 Å². The van der Waals surface area contributed by atoms with Gasteiger partial charge in [0, 0.05) is 6.04 Å². The maximum absolute atomic E-state index is 10.9. The molecule has 3 heteroatoms. The molecule has 0 spiro atoms. The maximum Gasteiger partial charge on any atom is 0.317 e. The minimum Gasteiger partial charge on any atom is -0.480 e. The van der Waals surface area contributed by atoms with E-state index in [1.54, 1.807) is 0 Å². The largest absolute Gasteiger partial charge is 0.480 e. The van der Waals surface area contributed by atoms with E-state index in [-0.39, 0.29) is 12.6 Å². The Bertz CT molecular complexity index is 337. The summed E-state index contributed by atoms with van der Waals surface area (Å²) in [7, 11) is 0. The summed E-state index contributed by atoms with van der Waals surface area (Å²) in [6.07, 6.45) is 1.90. The lowest BCUT2D eigenvalue weighted by Crippen LogP contribution is -2.34. The zero-order chi connectivity index (χ0) is 12.7. The normalized spacial score (nSPS) is 12.6. The molecule has 0 aromatic heterocycles. The van der Waals surface area contributed by atoms with Gasteiger partial charge in [-0.2, -0.15) is 0 Å². The van der Waals surface area contributed by atoms with Gasteiger partial charge in [-0.05, 0) is 24.9 Å². The highest BCUT2D eigenvalue weighted by molar-refractivity contribution is 5.69. The molecule has 17 heavy (non-hydrogen) atoms. The number of carboxylic acid groups (broad SMARTS) is 1. The maximum atomic E-state index is 10.9. The van der Waals surface area contributed by atoms with Crippen LogP contribution < -0.4 is 0 Å². The van der Waals surface area contributed by atoms with E-state index in [1.165, 1.54) is 5.56 Å². The lowest BCUT2D eigenvalue weighted by atomic mass is 10.0. The van der Waals surface area contributed by atoms with Crippen LogP contribution in [0.1, 0.15) is 38.3 Å². The molecule has 1 rings (SSSR count). The van der Waals surface area contributed by atoms with E-state index >= 15 is 0 Å². The molecule has 1 unspecified atom stereocenters. The minimum atomic E-state index is -0.757. The molecule has 0 saturated carbocycles. The monoisotopic (exact) mass is 235 g/mol. The first-order valence-corrected chi connectivity index (χ1v) is 6.19. The Morgan fingerprint density at radius 3 is 2.41 bits per heavy atom. The van der Waals surface area contributed by atoms with Gasteiger partial charge in [0.05, 0.1) is 6.54 Å². The molecule has 0 amide bonds. The molecule has 3 nitrogen and oxygen atoms in total. The summed E-state index contributed by atoms with van der Waals surface area (Å²) in [4.78, 5) is 12.9. The Kier molecular flexibility index (Phi) is 5.70. The highest BCUT2D eigenvalue weighted by atomic mass is 16.4. The van der Waals surface area contributed by atoms with Crippen molar-refractivity contribution in [3.05, 3.63) is 35.9 Å². The van der Waals surface area contributed by atoms with Crippen molar-refractivity contribution in [2.75, 3.05) is 13.1 Å². The van der Waals surface area contributed by atoms with Gasteiger partial charge in [0.1, 0.15) is 0 Å². The van der Waals surface area contributed by atoms with Crippen molar-refractivity contribution >= 4 is 5.97 Å². The molecule has 1 aromatic rings. The van der Waals surface area contributed by atoms with Gasteiger partial charge in [-0.25, -0.2) is 0 Å². The van der Waals surface area contributed by atoms with Crippen LogP contribution in [0.4, 0.5) is 0 Å². The van der Waals surface area contributed by atoms with E-state index in [0.717, 1.165) is 19.4 Å². The Morgan fingerprint density at radius 2 is 1.94 bits per heavy atom.